The third kappa shape index (κ3) is 10.9. The fourth-order valence-corrected chi connectivity index (χ4v) is 4.74. The van der Waals surface area contributed by atoms with Crippen LogP contribution in [0.3, 0.4) is 0 Å². The number of benzene rings is 2. The molecule has 8 nitrogen and oxygen atoms in total. The molecule has 43 heavy (non-hydrogen) atoms. The van der Waals surface area contributed by atoms with Crippen LogP contribution in [0.2, 0.25) is 0 Å². The van der Waals surface area contributed by atoms with Crippen molar-refractivity contribution in [2.75, 3.05) is 18.4 Å². The molecule has 1 saturated heterocycles. The molecule has 2 aromatic carbocycles. The number of piperidine rings is 1. The second-order valence-electron chi connectivity index (χ2n) is 11.5. The molecule has 1 fully saturated rings. The van der Waals surface area contributed by atoms with Gasteiger partial charge < -0.3 is 14.7 Å². The number of anilines is 2. The van der Waals surface area contributed by atoms with E-state index in [0.29, 0.717) is 31.1 Å². The molecule has 2 N–H and O–H groups in total. The third-order valence-electron chi connectivity index (χ3n) is 6.85. The van der Waals surface area contributed by atoms with E-state index in [-0.39, 0.29) is 24.2 Å². The number of carboxylic acid groups (broad SMARTS) is 1. The molecule has 3 aromatic rings. The van der Waals surface area contributed by atoms with Crippen LogP contribution < -0.4 is 9.55 Å². The first-order valence-electron chi connectivity index (χ1n) is 14.1. The molecular weight excluding hydrogens is 556 g/mol. The molecule has 0 spiro atoms. The van der Waals surface area contributed by atoms with Gasteiger partial charge in [0, 0.05) is 20.0 Å². The summed E-state index contributed by atoms with van der Waals surface area (Å²) in [7, 11) is 0. The summed E-state index contributed by atoms with van der Waals surface area (Å²) in [5.74, 6) is -0.394. The van der Waals surface area contributed by atoms with E-state index in [1.807, 2.05) is 87.0 Å². The van der Waals surface area contributed by atoms with Gasteiger partial charge in [-0.25, -0.2) is 4.79 Å². The summed E-state index contributed by atoms with van der Waals surface area (Å²) >= 11 is 1.95. The molecule has 2 heterocycles. The number of hydrogen-bond acceptors (Lipinski definition) is 6. The average molecular weight is 593 g/mol. The van der Waals surface area contributed by atoms with Crippen molar-refractivity contribution in [1.29, 1.82) is 0 Å². The van der Waals surface area contributed by atoms with E-state index >= 15 is 0 Å². The number of rotatable bonds is 6. The molecule has 0 radical (unpaired) electrons. The Kier molecular flexibility index (Phi) is 11.6. The maximum atomic E-state index is 13.6. The molecule has 0 bridgehead atoms. The first-order valence-corrected chi connectivity index (χ1v) is 14.1. The predicted molar refractivity (Wildman–Crippen MR) is 159 cm³/mol. The van der Waals surface area contributed by atoms with Gasteiger partial charge in [-0.05, 0) is 39.5 Å². The van der Waals surface area contributed by atoms with E-state index in [1.54, 1.807) is 4.90 Å². The standard InChI is InChI=1S/C29H32F3N4O2.C2H4O2.Li/c1-28(2,3)38-27(37)36-17-15-22(16-18-36)21-10-12-23(13-11-21)34-26-33-19-24(29(30,31)32)25(35-26)14-9-20-7-5-4-6-8-20;1-2(3)4;/h4-7,10-13,19,22H,9,14-18H2,1-3H3,(H,33,34,35);1H3,(H,3,4);. The summed E-state index contributed by atoms with van der Waals surface area (Å²) in [5, 5.41) is 10.5. The Balaban J connectivity index is 0.00000119. The van der Waals surface area contributed by atoms with Gasteiger partial charge in [0.2, 0.25) is 0 Å². The SMILES string of the molecule is CC(=O)O.[Li][c]1ccccc1CCc1nc(Nc2ccc(C3CCN(C(=O)OC(C)(C)C)CC3)cc2)ncc1C(F)(F)F. The first kappa shape index (κ1) is 33.9. The minimum absolute atomic E-state index is 0.0309. The summed E-state index contributed by atoms with van der Waals surface area (Å²) in [4.78, 5) is 31.3. The summed E-state index contributed by atoms with van der Waals surface area (Å²) < 4.78 is 47.4. The van der Waals surface area contributed by atoms with Crippen LogP contribution in [-0.2, 0) is 28.5 Å². The van der Waals surface area contributed by atoms with Gasteiger partial charge in [-0.2, -0.15) is 0 Å². The topological polar surface area (TPSA) is 105 Å². The van der Waals surface area contributed by atoms with Gasteiger partial charge in [0.25, 0.3) is 5.97 Å². The van der Waals surface area contributed by atoms with Crippen molar-refractivity contribution >= 4 is 45.6 Å². The Morgan fingerprint density at radius 2 is 1.65 bits per heavy atom. The number of nitrogens with zero attached hydrogens (tertiary/aromatic N) is 3. The Bertz CT molecular complexity index is 1380. The fourth-order valence-electron chi connectivity index (χ4n) is 4.74. The Labute approximate surface area is 259 Å². The van der Waals surface area contributed by atoms with E-state index in [0.717, 1.165) is 41.3 Å². The van der Waals surface area contributed by atoms with Gasteiger partial charge in [-0.15, -0.1) is 0 Å². The third-order valence-corrected chi connectivity index (χ3v) is 6.85. The molecule has 4 rings (SSSR count). The van der Waals surface area contributed by atoms with Gasteiger partial charge in [0.05, 0.1) is 0 Å². The van der Waals surface area contributed by atoms with Crippen LogP contribution in [-0.4, -0.2) is 68.4 Å². The number of nitrogens with one attached hydrogen (secondary N) is 1. The molecule has 1 amide bonds. The van der Waals surface area contributed by atoms with Gasteiger partial charge in [0.15, 0.2) is 0 Å². The van der Waals surface area contributed by atoms with Crippen LogP contribution in [0.25, 0.3) is 0 Å². The monoisotopic (exact) mass is 592 g/mol. The number of ether oxygens (including phenoxy) is 1. The van der Waals surface area contributed by atoms with Crippen molar-refractivity contribution < 1.29 is 32.6 Å². The second kappa shape index (κ2) is 14.8. The van der Waals surface area contributed by atoms with E-state index in [4.69, 9.17) is 14.6 Å². The molecule has 0 unspecified atom stereocenters. The number of aromatic nitrogens is 2. The summed E-state index contributed by atoms with van der Waals surface area (Å²) in [6.45, 7) is 7.91. The normalized spacial score (nSPS) is 14.0. The summed E-state index contributed by atoms with van der Waals surface area (Å²) in [6, 6.07) is 15.4. The van der Waals surface area contributed by atoms with Gasteiger partial charge >= 0.3 is 164 Å². The van der Waals surface area contributed by atoms with Crippen molar-refractivity contribution in [2.45, 2.75) is 71.1 Å². The Morgan fingerprint density at radius 1 is 1.05 bits per heavy atom. The Morgan fingerprint density at radius 3 is 2.21 bits per heavy atom. The number of aryl methyl sites for hydroxylation is 2. The van der Waals surface area contributed by atoms with Gasteiger partial charge in [-0.1, -0.05) is 0 Å². The molecule has 0 atom stereocenters. The zero-order valence-corrected chi connectivity index (χ0v) is 25.2. The second-order valence-corrected chi connectivity index (χ2v) is 11.5. The van der Waals surface area contributed by atoms with Crippen LogP contribution in [0.4, 0.5) is 29.6 Å². The van der Waals surface area contributed by atoms with Crippen LogP contribution in [0.5, 0.6) is 0 Å². The number of alkyl halides is 3. The van der Waals surface area contributed by atoms with Crippen molar-refractivity contribution in [3.63, 3.8) is 0 Å². The van der Waals surface area contributed by atoms with Crippen LogP contribution in [0.15, 0.2) is 54.7 Å². The molecule has 12 heteroatoms. The molecule has 1 aromatic heterocycles. The minimum atomic E-state index is -4.53. The molecule has 1 aliphatic rings. The first-order chi connectivity index (χ1) is 20.1. The van der Waals surface area contributed by atoms with E-state index in [1.165, 1.54) is 0 Å². The average Bonchev–Trinajstić information content (AvgIpc) is 2.91. The fraction of sp³-hybridized carbons (Fsp3) is 0.419. The van der Waals surface area contributed by atoms with Gasteiger partial charge in [0.1, 0.15) is 5.60 Å². The van der Waals surface area contributed by atoms with Gasteiger partial charge in [-0.3, -0.25) is 4.79 Å². The van der Waals surface area contributed by atoms with Crippen LogP contribution >= 0.6 is 0 Å². The maximum absolute atomic E-state index is 13.6. The molecular formula is C31H36F3LiN4O4. The van der Waals surface area contributed by atoms with Crippen molar-refractivity contribution in [2.24, 2.45) is 0 Å². The summed E-state index contributed by atoms with van der Waals surface area (Å²) in [5.41, 5.74) is 1.47. The number of likely N-dealkylation sites (tertiary alicyclic amines) is 1. The number of carboxylic acids is 1. The Hall–Kier alpha value is -3.55. The number of hydrogen-bond donors (Lipinski definition) is 2. The zero-order valence-electron chi connectivity index (χ0n) is 25.2. The number of carbonyl (C=O) groups excluding carboxylic acids is 1. The molecule has 0 saturated carbocycles. The number of halogens is 3. The van der Waals surface area contributed by atoms with E-state index < -0.39 is 23.3 Å². The number of aliphatic carboxylic acids is 1. The predicted octanol–water partition coefficient (Wildman–Crippen LogP) is 6.02. The van der Waals surface area contributed by atoms with Crippen molar-refractivity contribution in [1.82, 2.24) is 14.9 Å². The summed E-state index contributed by atoms with van der Waals surface area (Å²) in [6.07, 6.45) is -1.69. The molecule has 226 valence electrons. The number of carbonyl (C=O) groups is 2. The van der Waals surface area contributed by atoms with Crippen molar-refractivity contribution in [3.05, 3.63) is 77.1 Å². The number of amides is 1. The van der Waals surface area contributed by atoms with Crippen molar-refractivity contribution in [3.8, 4) is 0 Å². The quantitative estimate of drug-likeness (QED) is 0.337. The van der Waals surface area contributed by atoms with E-state index in [9.17, 15) is 18.0 Å². The molecule has 0 aliphatic carbocycles. The van der Waals surface area contributed by atoms with Crippen LogP contribution in [0, 0.1) is 0 Å². The molecule has 1 aliphatic heterocycles. The van der Waals surface area contributed by atoms with Crippen LogP contribution in [0.1, 0.15) is 68.8 Å². The van der Waals surface area contributed by atoms with E-state index in [2.05, 4.69) is 15.3 Å². The zero-order chi connectivity index (χ0) is 31.8.